The molecule has 3 rings (SSSR count). The number of hydrazone groups is 1. The van der Waals surface area contributed by atoms with Gasteiger partial charge in [-0.05, 0) is 53.2 Å². The molecule has 1 heterocycles. The number of amides is 1. The Labute approximate surface area is 197 Å². The number of thioether (sulfide) groups is 1. The maximum atomic E-state index is 12.2. The van der Waals surface area contributed by atoms with Crippen molar-refractivity contribution >= 4 is 50.9 Å². The van der Waals surface area contributed by atoms with Crippen LogP contribution in [0.5, 0.6) is 11.5 Å². The smallest absolute Gasteiger partial charge is 0.264 e. The molecular formula is C20H22BrN7O3S. The molecule has 10 nitrogen and oxygen atoms in total. The summed E-state index contributed by atoms with van der Waals surface area (Å²) in [6, 6.07) is 12.8. The average Bonchev–Trinajstić information content (AvgIpc) is 3.16. The molecule has 168 valence electrons. The standard InChI is InChI=1S/C20H22BrN7O3S/c1-12(13-8-9-16(30-2)17(10-13)31-3)24-25-19-26-27-20(28(19)22)32-11-18(29)23-15-7-5-4-6-14(15)21/h4-10H,11,22H2,1-3H3,(H,23,29)(H,25,26)/b24-12+. The van der Waals surface area contributed by atoms with Crippen LogP contribution >= 0.6 is 27.7 Å². The number of nitrogen functional groups attached to an aromatic ring is 1. The van der Waals surface area contributed by atoms with Gasteiger partial charge in [0.1, 0.15) is 0 Å². The highest BCUT2D eigenvalue weighted by molar-refractivity contribution is 9.10. The first-order valence-corrected chi connectivity index (χ1v) is 11.1. The molecule has 2 aromatic carbocycles. The summed E-state index contributed by atoms with van der Waals surface area (Å²) in [6.07, 6.45) is 0. The Balaban J connectivity index is 1.61. The molecule has 0 aliphatic rings. The van der Waals surface area contributed by atoms with Crippen LogP contribution in [0.15, 0.2) is 57.2 Å². The number of halogens is 1. The number of hydrogen-bond acceptors (Lipinski definition) is 9. The zero-order valence-electron chi connectivity index (χ0n) is 17.6. The minimum Gasteiger partial charge on any atom is -0.493 e. The molecule has 0 radical (unpaired) electrons. The Hall–Kier alpha value is -3.25. The van der Waals surface area contributed by atoms with Gasteiger partial charge >= 0.3 is 0 Å². The number of carbonyl (C=O) groups excluding carboxylic acids is 1. The molecule has 0 spiro atoms. The first kappa shape index (κ1) is 23.4. The van der Waals surface area contributed by atoms with Gasteiger partial charge in [-0.15, -0.1) is 10.2 Å². The summed E-state index contributed by atoms with van der Waals surface area (Å²) < 4.78 is 12.6. The lowest BCUT2D eigenvalue weighted by Crippen LogP contribution is -2.17. The van der Waals surface area contributed by atoms with E-state index in [4.69, 9.17) is 15.3 Å². The predicted octanol–water partition coefficient (Wildman–Crippen LogP) is 3.34. The average molecular weight is 520 g/mol. The fourth-order valence-electron chi connectivity index (χ4n) is 2.59. The third kappa shape index (κ3) is 5.71. The number of nitrogens with two attached hydrogens (primary N) is 1. The number of para-hydroxylation sites is 1. The minimum absolute atomic E-state index is 0.116. The summed E-state index contributed by atoms with van der Waals surface area (Å²) in [5, 5.41) is 15.5. The lowest BCUT2D eigenvalue weighted by molar-refractivity contribution is -0.113. The number of hydrogen-bond donors (Lipinski definition) is 3. The van der Waals surface area contributed by atoms with Gasteiger partial charge in [-0.1, -0.05) is 23.9 Å². The fourth-order valence-corrected chi connectivity index (χ4v) is 3.63. The number of benzene rings is 2. The molecule has 1 aromatic heterocycles. The highest BCUT2D eigenvalue weighted by Gasteiger charge is 2.13. The van der Waals surface area contributed by atoms with Gasteiger partial charge in [-0.3, -0.25) is 4.79 Å². The van der Waals surface area contributed by atoms with Crippen molar-refractivity contribution in [2.24, 2.45) is 5.10 Å². The Bertz CT molecular complexity index is 1140. The molecule has 0 saturated heterocycles. The summed E-state index contributed by atoms with van der Waals surface area (Å²) in [5.41, 5.74) is 4.99. The van der Waals surface area contributed by atoms with Crippen LogP contribution in [0.3, 0.4) is 0 Å². The zero-order chi connectivity index (χ0) is 23.1. The van der Waals surface area contributed by atoms with Crippen molar-refractivity contribution in [3.8, 4) is 11.5 Å². The number of methoxy groups -OCH3 is 2. The van der Waals surface area contributed by atoms with Gasteiger partial charge in [-0.2, -0.15) is 5.10 Å². The first-order valence-electron chi connectivity index (χ1n) is 9.33. The highest BCUT2D eigenvalue weighted by atomic mass is 79.9. The van der Waals surface area contributed by atoms with E-state index in [0.29, 0.717) is 28.1 Å². The number of rotatable bonds is 9. The van der Waals surface area contributed by atoms with Crippen molar-refractivity contribution in [1.29, 1.82) is 0 Å². The van der Waals surface area contributed by atoms with Crippen molar-refractivity contribution in [3.05, 3.63) is 52.5 Å². The van der Waals surface area contributed by atoms with Crippen LogP contribution in [0.1, 0.15) is 12.5 Å². The van der Waals surface area contributed by atoms with Gasteiger partial charge in [0.2, 0.25) is 11.1 Å². The van der Waals surface area contributed by atoms with Gasteiger partial charge in [0.15, 0.2) is 11.5 Å². The van der Waals surface area contributed by atoms with E-state index in [0.717, 1.165) is 21.8 Å². The van der Waals surface area contributed by atoms with E-state index in [-0.39, 0.29) is 17.6 Å². The van der Waals surface area contributed by atoms with E-state index in [1.54, 1.807) is 26.4 Å². The number of carbonyl (C=O) groups is 1. The third-order valence-electron chi connectivity index (χ3n) is 4.27. The number of aromatic nitrogens is 3. The van der Waals surface area contributed by atoms with Crippen molar-refractivity contribution < 1.29 is 14.3 Å². The minimum atomic E-state index is -0.193. The van der Waals surface area contributed by atoms with Crippen LogP contribution in [0.25, 0.3) is 0 Å². The Morgan fingerprint density at radius 2 is 1.94 bits per heavy atom. The van der Waals surface area contributed by atoms with Gasteiger partial charge in [0.05, 0.1) is 31.4 Å². The molecule has 0 saturated carbocycles. The van der Waals surface area contributed by atoms with Crippen LogP contribution in [-0.2, 0) is 4.79 Å². The van der Waals surface area contributed by atoms with Crippen molar-refractivity contribution in [3.63, 3.8) is 0 Å². The van der Waals surface area contributed by atoms with Gasteiger partial charge in [-0.25, -0.2) is 10.1 Å². The lowest BCUT2D eigenvalue weighted by atomic mass is 10.1. The number of ether oxygens (including phenoxy) is 2. The normalized spacial score (nSPS) is 11.2. The van der Waals surface area contributed by atoms with Gasteiger partial charge in [0.25, 0.3) is 5.95 Å². The topological polar surface area (TPSA) is 129 Å². The van der Waals surface area contributed by atoms with Crippen molar-refractivity contribution in [2.75, 3.05) is 36.6 Å². The van der Waals surface area contributed by atoms with Crippen LogP contribution in [0, 0.1) is 0 Å². The van der Waals surface area contributed by atoms with Crippen LogP contribution < -0.4 is 26.1 Å². The van der Waals surface area contributed by atoms with Crippen molar-refractivity contribution in [2.45, 2.75) is 12.1 Å². The summed E-state index contributed by atoms with van der Waals surface area (Å²) in [5.74, 6) is 7.42. The Kier molecular flexibility index (Phi) is 7.95. The Morgan fingerprint density at radius 3 is 2.66 bits per heavy atom. The monoisotopic (exact) mass is 519 g/mol. The largest absolute Gasteiger partial charge is 0.493 e. The van der Waals surface area contributed by atoms with E-state index < -0.39 is 0 Å². The van der Waals surface area contributed by atoms with Crippen LogP contribution in [-0.4, -0.2) is 46.5 Å². The predicted molar refractivity (Wildman–Crippen MR) is 129 cm³/mol. The van der Waals surface area contributed by atoms with Gasteiger partial charge < -0.3 is 20.6 Å². The molecule has 0 aliphatic heterocycles. The molecule has 0 unspecified atom stereocenters. The maximum absolute atomic E-state index is 12.2. The highest BCUT2D eigenvalue weighted by Crippen LogP contribution is 2.28. The number of anilines is 2. The summed E-state index contributed by atoms with van der Waals surface area (Å²) in [6.45, 7) is 1.83. The molecule has 0 aliphatic carbocycles. The molecule has 32 heavy (non-hydrogen) atoms. The van der Waals surface area contributed by atoms with E-state index in [9.17, 15) is 4.79 Å². The third-order valence-corrected chi connectivity index (χ3v) is 5.90. The summed E-state index contributed by atoms with van der Waals surface area (Å²) in [4.78, 5) is 12.2. The van der Waals surface area contributed by atoms with E-state index in [1.807, 2.05) is 37.3 Å². The van der Waals surface area contributed by atoms with Crippen LogP contribution in [0.2, 0.25) is 0 Å². The molecule has 12 heteroatoms. The molecule has 3 aromatic rings. The molecule has 0 bridgehead atoms. The summed E-state index contributed by atoms with van der Waals surface area (Å²) >= 11 is 4.55. The van der Waals surface area contributed by atoms with E-state index in [2.05, 4.69) is 42.0 Å². The van der Waals surface area contributed by atoms with E-state index in [1.165, 1.54) is 4.68 Å². The molecule has 0 atom stereocenters. The maximum Gasteiger partial charge on any atom is 0.264 e. The summed E-state index contributed by atoms with van der Waals surface area (Å²) in [7, 11) is 3.15. The van der Waals surface area contributed by atoms with Gasteiger partial charge in [0, 0.05) is 10.0 Å². The lowest BCUT2D eigenvalue weighted by Gasteiger charge is -2.09. The second kappa shape index (κ2) is 10.9. The molecule has 1 amide bonds. The molecular weight excluding hydrogens is 498 g/mol. The van der Waals surface area contributed by atoms with Crippen LogP contribution in [0.4, 0.5) is 11.6 Å². The molecule has 4 N–H and O–H groups in total. The van der Waals surface area contributed by atoms with Crippen molar-refractivity contribution in [1.82, 2.24) is 14.9 Å². The molecule has 0 fully saturated rings. The van der Waals surface area contributed by atoms with E-state index >= 15 is 0 Å². The number of nitrogens with one attached hydrogen (secondary N) is 2. The number of nitrogens with zero attached hydrogens (tertiary/aromatic N) is 4. The SMILES string of the molecule is COc1ccc(/C(C)=N/Nc2nnc(SCC(=O)Nc3ccccc3Br)n2N)cc1OC. The fraction of sp³-hybridized carbons (Fsp3) is 0.200. The first-order chi connectivity index (χ1) is 15.4. The Morgan fingerprint density at radius 1 is 1.19 bits per heavy atom. The second-order valence-electron chi connectivity index (χ2n) is 6.37. The zero-order valence-corrected chi connectivity index (χ0v) is 20.0. The second-order valence-corrected chi connectivity index (χ2v) is 8.17. The quantitative estimate of drug-likeness (QED) is 0.170.